The second kappa shape index (κ2) is 9.41. The number of nitrogens with zero attached hydrogens (tertiary/aromatic N) is 5. The number of aromatic nitrogens is 2. The highest BCUT2D eigenvalue weighted by molar-refractivity contribution is 6.18. The summed E-state index contributed by atoms with van der Waals surface area (Å²) in [6, 6.07) is 8.50. The molecule has 2 aliphatic rings. The van der Waals surface area contributed by atoms with E-state index >= 15 is 0 Å². The van der Waals surface area contributed by atoms with Crippen LogP contribution in [0.5, 0.6) is 5.75 Å². The minimum atomic E-state index is -4.85. The zero-order valence-electron chi connectivity index (χ0n) is 20.8. The summed E-state index contributed by atoms with van der Waals surface area (Å²) in [5, 5.41) is 0. The Morgan fingerprint density at radius 2 is 1.79 bits per heavy atom. The average Bonchev–Trinajstić information content (AvgIpc) is 3.44. The minimum Gasteiger partial charge on any atom is -0.406 e. The summed E-state index contributed by atoms with van der Waals surface area (Å²) < 4.78 is 71.3. The molecule has 0 unspecified atom stereocenters. The molecular formula is C26H24F5N5O2. The van der Waals surface area contributed by atoms with Crippen molar-refractivity contribution in [2.45, 2.75) is 39.7 Å². The van der Waals surface area contributed by atoms with Crippen LogP contribution in [0.15, 0.2) is 47.5 Å². The van der Waals surface area contributed by atoms with E-state index in [1.54, 1.807) is 4.57 Å². The highest BCUT2D eigenvalue weighted by Crippen LogP contribution is 2.38. The van der Waals surface area contributed by atoms with Crippen molar-refractivity contribution in [3.05, 3.63) is 65.4 Å². The number of fused-ring (bicyclic) bond motifs is 3. The Bertz CT molecular complexity index is 1410. The standard InChI is InChI=1S/C26H24F5N5O2/c1-4-34-24(37)21-23(36-13-20(14(2)3)32-25(34)36)35(12-15-5-10-18(27)19(28)11-15)22(33-21)16-6-8-17(9-7-16)38-26(29,30)31/h5-11,14,20H,4,12-13H2,1-3H3/t20-/m0/s1. The molecule has 200 valence electrons. The molecule has 0 bridgehead atoms. The number of guanidine groups is 1. The van der Waals surface area contributed by atoms with Crippen LogP contribution in [0.1, 0.15) is 36.8 Å². The fourth-order valence-corrected chi connectivity index (χ4v) is 4.65. The number of hydrogen-bond acceptors (Lipinski definition) is 5. The number of imidazole rings is 1. The van der Waals surface area contributed by atoms with Gasteiger partial charge < -0.3 is 9.30 Å². The Morgan fingerprint density at radius 1 is 1.08 bits per heavy atom. The van der Waals surface area contributed by atoms with Crippen LogP contribution in [-0.4, -0.2) is 51.8 Å². The minimum absolute atomic E-state index is 0.0190. The molecule has 0 saturated heterocycles. The molecule has 3 heterocycles. The maximum atomic E-state index is 14.1. The Labute approximate surface area is 215 Å². The normalized spacial score (nSPS) is 17.1. The van der Waals surface area contributed by atoms with Crippen LogP contribution in [0.2, 0.25) is 0 Å². The predicted octanol–water partition coefficient (Wildman–Crippen LogP) is 5.45. The molecule has 0 saturated carbocycles. The molecule has 0 N–H and O–H groups in total. The number of rotatable bonds is 6. The van der Waals surface area contributed by atoms with Crippen molar-refractivity contribution in [1.29, 1.82) is 0 Å². The highest BCUT2D eigenvalue weighted by Gasteiger charge is 2.44. The lowest BCUT2D eigenvalue weighted by atomic mass is 10.1. The van der Waals surface area contributed by atoms with Crippen LogP contribution < -0.4 is 9.64 Å². The largest absolute Gasteiger partial charge is 0.573 e. The number of alkyl halides is 3. The van der Waals surface area contributed by atoms with Gasteiger partial charge in [-0.3, -0.25) is 14.6 Å². The molecule has 3 aromatic rings. The number of benzene rings is 2. The van der Waals surface area contributed by atoms with Gasteiger partial charge in [0, 0.05) is 12.1 Å². The van der Waals surface area contributed by atoms with Crippen molar-refractivity contribution < 1.29 is 31.5 Å². The third kappa shape index (κ3) is 4.59. The van der Waals surface area contributed by atoms with Gasteiger partial charge in [0.25, 0.3) is 5.91 Å². The zero-order valence-corrected chi connectivity index (χ0v) is 20.8. The number of anilines is 1. The van der Waals surface area contributed by atoms with Crippen molar-refractivity contribution >= 4 is 17.7 Å². The van der Waals surface area contributed by atoms with E-state index in [9.17, 15) is 26.7 Å². The van der Waals surface area contributed by atoms with Gasteiger partial charge in [-0.25, -0.2) is 18.8 Å². The smallest absolute Gasteiger partial charge is 0.406 e. The number of halogens is 5. The molecule has 2 aliphatic heterocycles. The van der Waals surface area contributed by atoms with E-state index in [0.29, 0.717) is 36.0 Å². The molecule has 1 amide bonds. The Kier molecular flexibility index (Phi) is 6.36. The summed E-state index contributed by atoms with van der Waals surface area (Å²) in [4.78, 5) is 26.3. The lowest BCUT2D eigenvalue weighted by Crippen LogP contribution is -2.50. The predicted molar refractivity (Wildman–Crippen MR) is 130 cm³/mol. The topological polar surface area (TPSA) is 63.0 Å². The van der Waals surface area contributed by atoms with Crippen molar-refractivity contribution in [2.75, 3.05) is 18.0 Å². The van der Waals surface area contributed by atoms with E-state index in [1.807, 2.05) is 25.7 Å². The van der Waals surface area contributed by atoms with Crippen molar-refractivity contribution in [1.82, 2.24) is 14.5 Å². The second-order valence-corrected chi connectivity index (χ2v) is 9.41. The molecule has 1 aromatic heterocycles. The van der Waals surface area contributed by atoms with Gasteiger partial charge in [-0.1, -0.05) is 19.9 Å². The molecule has 5 rings (SSSR count). The molecule has 0 radical (unpaired) electrons. The van der Waals surface area contributed by atoms with Gasteiger partial charge in [-0.05, 0) is 54.8 Å². The first-order chi connectivity index (χ1) is 18.0. The molecule has 0 spiro atoms. The summed E-state index contributed by atoms with van der Waals surface area (Å²) in [6.45, 7) is 6.73. The first kappa shape index (κ1) is 25.7. The summed E-state index contributed by atoms with van der Waals surface area (Å²) in [7, 11) is 0. The number of carbonyl (C=O) groups excluding carboxylic acids is 1. The number of aliphatic imine (C=N–C) groups is 1. The number of ether oxygens (including phenoxy) is 1. The van der Waals surface area contributed by atoms with E-state index in [1.165, 1.54) is 23.1 Å². The Hall–Kier alpha value is -3.96. The van der Waals surface area contributed by atoms with E-state index in [4.69, 9.17) is 4.99 Å². The highest BCUT2D eigenvalue weighted by atomic mass is 19.4. The summed E-state index contributed by atoms with van der Waals surface area (Å²) in [6.07, 6.45) is -4.85. The molecule has 0 aliphatic carbocycles. The van der Waals surface area contributed by atoms with Crippen LogP contribution in [0.4, 0.5) is 27.8 Å². The lowest BCUT2D eigenvalue weighted by molar-refractivity contribution is -0.274. The molecule has 38 heavy (non-hydrogen) atoms. The van der Waals surface area contributed by atoms with Gasteiger partial charge >= 0.3 is 6.36 Å². The lowest BCUT2D eigenvalue weighted by Gasteiger charge is -2.33. The van der Waals surface area contributed by atoms with Crippen LogP contribution in [0.3, 0.4) is 0 Å². The van der Waals surface area contributed by atoms with Gasteiger partial charge in [0.1, 0.15) is 17.4 Å². The first-order valence-electron chi connectivity index (χ1n) is 12.0. The van der Waals surface area contributed by atoms with Crippen LogP contribution in [-0.2, 0) is 6.54 Å². The number of carbonyl (C=O) groups is 1. The number of amides is 1. The van der Waals surface area contributed by atoms with E-state index in [2.05, 4.69) is 9.72 Å². The van der Waals surface area contributed by atoms with Crippen molar-refractivity contribution in [3.8, 4) is 17.1 Å². The third-order valence-corrected chi connectivity index (χ3v) is 6.53. The molecule has 1 atom stereocenters. The van der Waals surface area contributed by atoms with Gasteiger partial charge in [-0.15, -0.1) is 13.2 Å². The quantitative estimate of drug-likeness (QED) is 0.396. The van der Waals surface area contributed by atoms with Gasteiger partial charge in [-0.2, -0.15) is 0 Å². The molecule has 0 fully saturated rings. The molecule has 12 heteroatoms. The third-order valence-electron chi connectivity index (χ3n) is 6.53. The molecule has 2 aromatic carbocycles. The fourth-order valence-electron chi connectivity index (χ4n) is 4.65. The summed E-state index contributed by atoms with van der Waals surface area (Å²) in [5.41, 5.74) is 0.958. The maximum Gasteiger partial charge on any atom is 0.573 e. The average molecular weight is 534 g/mol. The van der Waals surface area contributed by atoms with Gasteiger partial charge in [0.05, 0.1) is 19.1 Å². The fraction of sp³-hybridized carbons (Fsp3) is 0.346. The zero-order chi connectivity index (χ0) is 27.4. The van der Waals surface area contributed by atoms with E-state index in [0.717, 1.165) is 24.3 Å². The molecule has 7 nitrogen and oxygen atoms in total. The van der Waals surface area contributed by atoms with Crippen molar-refractivity contribution in [2.24, 2.45) is 10.9 Å². The SMILES string of the molecule is CCN1C(=O)c2nc(-c3ccc(OC(F)(F)F)cc3)n(Cc3ccc(F)c(F)c3)c2N2C[C@@H](C(C)C)N=C12. The van der Waals surface area contributed by atoms with Crippen LogP contribution in [0.25, 0.3) is 11.4 Å². The Balaban J connectivity index is 1.66. The van der Waals surface area contributed by atoms with Crippen LogP contribution in [0, 0.1) is 17.6 Å². The summed E-state index contributed by atoms with van der Waals surface area (Å²) >= 11 is 0. The first-order valence-corrected chi connectivity index (χ1v) is 12.0. The van der Waals surface area contributed by atoms with Crippen molar-refractivity contribution in [3.63, 3.8) is 0 Å². The summed E-state index contributed by atoms with van der Waals surface area (Å²) in [5.74, 6) is -1.42. The maximum absolute atomic E-state index is 14.1. The Morgan fingerprint density at radius 3 is 2.39 bits per heavy atom. The monoisotopic (exact) mass is 533 g/mol. The second-order valence-electron chi connectivity index (χ2n) is 9.41. The van der Waals surface area contributed by atoms with Gasteiger partial charge in [0.2, 0.25) is 5.96 Å². The number of hydrogen-bond donors (Lipinski definition) is 0. The van der Waals surface area contributed by atoms with E-state index in [-0.39, 0.29) is 35.9 Å². The van der Waals surface area contributed by atoms with Crippen LogP contribution >= 0.6 is 0 Å². The van der Waals surface area contributed by atoms with Gasteiger partial charge in [0.15, 0.2) is 17.3 Å². The van der Waals surface area contributed by atoms with E-state index < -0.39 is 23.7 Å². The molecular weight excluding hydrogens is 509 g/mol.